The topological polar surface area (TPSA) is 18.5 Å². The first-order valence-electron chi connectivity index (χ1n) is 7.92. The van der Waals surface area contributed by atoms with Crippen LogP contribution in [0.3, 0.4) is 0 Å². The van der Waals surface area contributed by atoms with Crippen LogP contribution in [-0.2, 0) is 9.47 Å². The average Bonchev–Trinajstić information content (AvgIpc) is 2.53. The van der Waals surface area contributed by atoms with Crippen LogP contribution in [-0.4, -0.2) is 19.5 Å². The second kappa shape index (κ2) is 7.09. The largest absolute Gasteiger partial charge is 0.352 e. The summed E-state index contributed by atoms with van der Waals surface area (Å²) in [7, 11) is 0. The van der Waals surface area contributed by atoms with Crippen molar-refractivity contribution in [1.29, 1.82) is 0 Å². The molecule has 1 aromatic rings. The highest BCUT2D eigenvalue weighted by Crippen LogP contribution is 2.39. The third kappa shape index (κ3) is 3.62. The van der Waals surface area contributed by atoms with Gasteiger partial charge >= 0.3 is 0 Å². The summed E-state index contributed by atoms with van der Waals surface area (Å²) in [4.78, 5) is 0. The standard InChI is InChI=1S/C17H21F2IO2/c1-10-8-21-17(22-9-10)12-4-2-11(3-5-12)13-6-14(18)16(19)15(20)7-13/h6-7,10-12,17H,2-5,8-9H2,1H3. The smallest absolute Gasteiger partial charge is 0.172 e. The third-order valence-electron chi connectivity index (χ3n) is 4.72. The molecule has 0 spiro atoms. The number of hydrogen-bond acceptors (Lipinski definition) is 2. The molecule has 0 amide bonds. The summed E-state index contributed by atoms with van der Waals surface area (Å²) in [6.45, 7) is 3.66. The Kier molecular flexibility index (Phi) is 5.35. The van der Waals surface area contributed by atoms with E-state index in [0.717, 1.165) is 44.5 Å². The van der Waals surface area contributed by atoms with Gasteiger partial charge in [0, 0.05) is 11.8 Å². The summed E-state index contributed by atoms with van der Waals surface area (Å²) in [6.07, 6.45) is 3.90. The van der Waals surface area contributed by atoms with Gasteiger partial charge < -0.3 is 9.47 Å². The van der Waals surface area contributed by atoms with Crippen molar-refractivity contribution in [2.24, 2.45) is 11.8 Å². The van der Waals surface area contributed by atoms with Gasteiger partial charge in [-0.25, -0.2) is 8.78 Å². The summed E-state index contributed by atoms with van der Waals surface area (Å²) in [6, 6.07) is 3.14. The van der Waals surface area contributed by atoms with E-state index in [-0.39, 0.29) is 6.29 Å². The highest BCUT2D eigenvalue weighted by Gasteiger charge is 2.32. The zero-order valence-electron chi connectivity index (χ0n) is 12.7. The lowest BCUT2D eigenvalue weighted by Gasteiger charge is -2.37. The molecule has 22 heavy (non-hydrogen) atoms. The van der Waals surface area contributed by atoms with Gasteiger partial charge in [0.25, 0.3) is 0 Å². The van der Waals surface area contributed by atoms with Gasteiger partial charge in [0.15, 0.2) is 17.9 Å². The number of rotatable bonds is 2. The van der Waals surface area contributed by atoms with Crippen LogP contribution in [0.4, 0.5) is 8.78 Å². The Bertz CT molecular complexity index is 498. The second-order valence-corrected chi connectivity index (χ2v) is 7.71. The van der Waals surface area contributed by atoms with Crippen molar-refractivity contribution in [2.45, 2.75) is 44.8 Å². The first-order chi connectivity index (χ1) is 10.5. The summed E-state index contributed by atoms with van der Waals surface area (Å²) >= 11 is 1.86. The SMILES string of the molecule is CC1COC(C2CCC(c3cc(F)c(F)c(I)c3)CC2)OC1. The zero-order valence-corrected chi connectivity index (χ0v) is 14.8. The molecule has 122 valence electrons. The molecule has 0 radical (unpaired) electrons. The minimum Gasteiger partial charge on any atom is -0.352 e. The van der Waals surface area contributed by atoms with Crippen molar-refractivity contribution >= 4 is 22.6 Å². The van der Waals surface area contributed by atoms with Gasteiger partial charge in [0.1, 0.15) is 0 Å². The highest BCUT2D eigenvalue weighted by atomic mass is 127. The number of hydrogen-bond donors (Lipinski definition) is 0. The van der Waals surface area contributed by atoms with E-state index in [9.17, 15) is 8.78 Å². The van der Waals surface area contributed by atoms with Crippen LogP contribution in [0.2, 0.25) is 0 Å². The van der Waals surface area contributed by atoms with Gasteiger partial charge in [-0.3, -0.25) is 0 Å². The van der Waals surface area contributed by atoms with Crippen molar-refractivity contribution in [3.05, 3.63) is 32.9 Å². The predicted molar refractivity (Wildman–Crippen MR) is 88.6 cm³/mol. The Morgan fingerprint density at radius 2 is 1.68 bits per heavy atom. The number of benzene rings is 1. The molecule has 0 bridgehead atoms. The molecule has 2 fully saturated rings. The lowest BCUT2D eigenvalue weighted by atomic mass is 9.78. The van der Waals surface area contributed by atoms with Crippen molar-refractivity contribution in [1.82, 2.24) is 0 Å². The monoisotopic (exact) mass is 422 g/mol. The van der Waals surface area contributed by atoms with Crippen molar-refractivity contribution in [3.63, 3.8) is 0 Å². The maximum atomic E-state index is 13.6. The van der Waals surface area contributed by atoms with Gasteiger partial charge in [-0.05, 0) is 71.9 Å². The van der Waals surface area contributed by atoms with E-state index in [2.05, 4.69) is 6.92 Å². The lowest BCUT2D eigenvalue weighted by molar-refractivity contribution is -0.226. The fraction of sp³-hybridized carbons (Fsp3) is 0.647. The highest BCUT2D eigenvalue weighted by molar-refractivity contribution is 14.1. The van der Waals surface area contributed by atoms with Crippen LogP contribution in [0, 0.1) is 27.0 Å². The van der Waals surface area contributed by atoms with E-state index >= 15 is 0 Å². The number of ether oxygens (including phenoxy) is 2. The summed E-state index contributed by atoms with van der Waals surface area (Å²) < 4.78 is 38.9. The molecule has 0 atom stereocenters. The molecule has 1 aliphatic carbocycles. The van der Waals surface area contributed by atoms with Gasteiger partial charge in [-0.1, -0.05) is 6.92 Å². The van der Waals surface area contributed by atoms with Crippen molar-refractivity contribution < 1.29 is 18.3 Å². The Balaban J connectivity index is 1.60. The molecular weight excluding hydrogens is 401 g/mol. The van der Waals surface area contributed by atoms with E-state index in [1.54, 1.807) is 6.07 Å². The Morgan fingerprint density at radius 3 is 2.27 bits per heavy atom. The fourth-order valence-electron chi connectivity index (χ4n) is 3.42. The normalized spacial score (nSPS) is 32.9. The van der Waals surface area contributed by atoms with Crippen LogP contribution >= 0.6 is 22.6 Å². The van der Waals surface area contributed by atoms with Gasteiger partial charge in [-0.2, -0.15) is 0 Å². The molecule has 1 aromatic carbocycles. The molecule has 2 aliphatic rings. The van der Waals surface area contributed by atoms with Crippen LogP contribution in [0.15, 0.2) is 12.1 Å². The maximum Gasteiger partial charge on any atom is 0.172 e. The van der Waals surface area contributed by atoms with Crippen LogP contribution in [0.5, 0.6) is 0 Å². The molecule has 1 heterocycles. The van der Waals surface area contributed by atoms with E-state index < -0.39 is 11.6 Å². The zero-order chi connectivity index (χ0) is 15.7. The van der Waals surface area contributed by atoms with Crippen LogP contribution < -0.4 is 0 Å². The minimum absolute atomic E-state index is 0.0813. The van der Waals surface area contributed by atoms with Crippen LogP contribution in [0.25, 0.3) is 0 Å². The first kappa shape index (κ1) is 16.6. The van der Waals surface area contributed by atoms with Crippen molar-refractivity contribution in [3.8, 4) is 0 Å². The van der Waals surface area contributed by atoms with Gasteiger partial charge in [-0.15, -0.1) is 0 Å². The molecule has 3 rings (SSSR count). The molecule has 1 saturated heterocycles. The predicted octanol–water partition coefficient (Wildman–Crippen LogP) is 4.85. The molecule has 1 saturated carbocycles. The Morgan fingerprint density at radius 1 is 1.05 bits per heavy atom. The number of halogens is 3. The van der Waals surface area contributed by atoms with E-state index in [4.69, 9.17) is 9.47 Å². The van der Waals surface area contributed by atoms with Gasteiger partial charge in [0.2, 0.25) is 0 Å². The quantitative estimate of drug-likeness (QED) is 0.501. The molecular formula is C17H21F2IO2. The second-order valence-electron chi connectivity index (χ2n) is 6.55. The molecule has 0 unspecified atom stereocenters. The van der Waals surface area contributed by atoms with Crippen LogP contribution in [0.1, 0.15) is 44.1 Å². The van der Waals surface area contributed by atoms with Gasteiger partial charge in [0.05, 0.1) is 16.8 Å². The summed E-state index contributed by atoms with van der Waals surface area (Å²) in [5, 5.41) is 0. The lowest BCUT2D eigenvalue weighted by Crippen LogP contribution is -2.37. The summed E-state index contributed by atoms with van der Waals surface area (Å²) in [5.41, 5.74) is 0.917. The third-order valence-corrected chi connectivity index (χ3v) is 5.51. The van der Waals surface area contributed by atoms with Crippen molar-refractivity contribution in [2.75, 3.05) is 13.2 Å². The fourth-order valence-corrected chi connectivity index (χ4v) is 4.04. The molecule has 0 aromatic heterocycles. The van der Waals surface area contributed by atoms with E-state index in [1.165, 1.54) is 6.07 Å². The first-order valence-corrected chi connectivity index (χ1v) is 9.00. The molecule has 5 heteroatoms. The minimum atomic E-state index is -0.740. The van der Waals surface area contributed by atoms with E-state index in [1.807, 2.05) is 22.6 Å². The van der Waals surface area contributed by atoms with E-state index in [0.29, 0.717) is 21.3 Å². The molecule has 0 N–H and O–H groups in total. The maximum absolute atomic E-state index is 13.6. The molecule has 1 aliphatic heterocycles. The Labute approximate surface area is 143 Å². The average molecular weight is 422 g/mol. The summed E-state index contributed by atoms with van der Waals surface area (Å²) in [5.74, 6) is -0.277. The Hall–Kier alpha value is -0.270. The molecule has 2 nitrogen and oxygen atoms in total.